The van der Waals surface area contributed by atoms with E-state index in [1.54, 1.807) is 0 Å². The second-order valence-corrected chi connectivity index (χ2v) is 9.25. The fourth-order valence-corrected chi connectivity index (χ4v) is 5.85. The van der Waals surface area contributed by atoms with Crippen LogP contribution in [0.15, 0.2) is 114 Å². The van der Waals surface area contributed by atoms with Gasteiger partial charge in [0.25, 0.3) is 5.69 Å². The molecular formula is C32H18N2O. The van der Waals surface area contributed by atoms with Crippen LogP contribution < -0.4 is 0 Å². The van der Waals surface area contributed by atoms with Crippen molar-refractivity contribution in [3.63, 3.8) is 0 Å². The van der Waals surface area contributed by atoms with Crippen LogP contribution in [0.1, 0.15) is 0 Å². The topological polar surface area (TPSA) is 38.4 Å². The molecule has 0 unspecified atom stereocenters. The average molecular weight is 447 g/mol. The number of nitrogens with zero attached hydrogens (tertiary/aromatic N) is 2. The lowest BCUT2D eigenvalue weighted by atomic mass is 9.93. The van der Waals surface area contributed by atoms with Crippen molar-refractivity contribution in [2.45, 2.75) is 0 Å². The second kappa shape index (κ2) is 6.64. The first kappa shape index (κ1) is 18.6. The first-order valence-corrected chi connectivity index (χ1v) is 11.8. The molecule has 0 heterocycles. The Bertz CT molecular complexity index is 2090. The summed E-state index contributed by atoms with van der Waals surface area (Å²) >= 11 is 0. The third-order valence-electron chi connectivity index (χ3n) is 7.42. The summed E-state index contributed by atoms with van der Waals surface area (Å²) in [5.41, 5.74) is 1.23. The van der Waals surface area contributed by atoms with E-state index in [0.29, 0.717) is 11.4 Å². The maximum Gasteiger partial charge on any atom is 0.252 e. The van der Waals surface area contributed by atoms with Crippen LogP contribution in [0.2, 0.25) is 0 Å². The van der Waals surface area contributed by atoms with Crippen molar-refractivity contribution in [1.82, 2.24) is 0 Å². The quantitative estimate of drug-likeness (QED) is 0.113. The first-order valence-electron chi connectivity index (χ1n) is 11.8. The smallest absolute Gasteiger partial charge is 0.252 e. The molecule has 0 aliphatic rings. The van der Waals surface area contributed by atoms with Gasteiger partial charge >= 0.3 is 0 Å². The molecule has 0 fully saturated rings. The lowest BCUT2D eigenvalue weighted by Crippen LogP contribution is -1.94. The zero-order chi connectivity index (χ0) is 23.1. The Hall–Kier alpha value is -4.76. The van der Waals surface area contributed by atoms with Gasteiger partial charge in [0.05, 0.1) is 5.39 Å². The van der Waals surface area contributed by atoms with Gasteiger partial charge in [0.1, 0.15) is 5.69 Å². The van der Waals surface area contributed by atoms with Crippen LogP contribution >= 0.6 is 0 Å². The lowest BCUT2D eigenvalue weighted by Gasteiger charge is -2.13. The molecule has 8 rings (SSSR count). The van der Waals surface area contributed by atoms with E-state index in [9.17, 15) is 5.21 Å². The van der Waals surface area contributed by atoms with Gasteiger partial charge in [-0.05, 0) is 71.5 Å². The summed E-state index contributed by atoms with van der Waals surface area (Å²) in [6, 6.07) is 37.5. The van der Waals surface area contributed by atoms with Crippen LogP contribution in [-0.4, -0.2) is 4.86 Å². The minimum absolute atomic E-state index is 0.557. The number of rotatable bonds is 2. The Kier molecular flexibility index (Phi) is 3.54. The largest absolute Gasteiger partial charge is 0.594 e. The Balaban J connectivity index is 1.40. The zero-order valence-corrected chi connectivity index (χ0v) is 18.7. The molecule has 35 heavy (non-hydrogen) atoms. The monoisotopic (exact) mass is 446 g/mol. The first-order chi connectivity index (χ1) is 17.3. The standard InChI is InChI=1S/C32H18N2O/c35-34(28-18-14-24-10-8-20-4-2-6-22-12-16-26(28)32(24)30(20)22)33-27-17-13-23-9-7-19-3-1-5-21-11-15-25(27)31(23)29(19)21/h1-18H. The van der Waals surface area contributed by atoms with Gasteiger partial charge in [-0.1, -0.05) is 84.9 Å². The summed E-state index contributed by atoms with van der Waals surface area (Å²) in [4.78, 5) is 0.790. The molecule has 0 aliphatic carbocycles. The molecular weight excluding hydrogens is 428 g/mol. The molecule has 0 amide bonds. The van der Waals surface area contributed by atoms with Gasteiger partial charge in [-0.3, -0.25) is 0 Å². The molecule has 8 aromatic carbocycles. The zero-order valence-electron chi connectivity index (χ0n) is 18.7. The average Bonchev–Trinajstić information content (AvgIpc) is 2.91. The van der Waals surface area contributed by atoms with Crippen molar-refractivity contribution in [3.05, 3.63) is 114 Å². The molecule has 162 valence electrons. The van der Waals surface area contributed by atoms with E-state index in [1.165, 1.54) is 32.3 Å². The molecule has 3 nitrogen and oxygen atoms in total. The molecule has 0 aromatic heterocycles. The summed E-state index contributed by atoms with van der Waals surface area (Å²) in [7, 11) is 0. The molecule has 0 atom stereocenters. The Morgan fingerprint density at radius 2 is 0.857 bits per heavy atom. The summed E-state index contributed by atoms with van der Waals surface area (Å²) in [6.07, 6.45) is 0. The normalized spacial score (nSPS) is 12.9. The van der Waals surface area contributed by atoms with Crippen LogP contribution in [0.5, 0.6) is 0 Å². The predicted molar refractivity (Wildman–Crippen MR) is 146 cm³/mol. The van der Waals surface area contributed by atoms with Crippen molar-refractivity contribution in [2.75, 3.05) is 0 Å². The van der Waals surface area contributed by atoms with Crippen molar-refractivity contribution in [2.24, 2.45) is 5.11 Å². The highest BCUT2D eigenvalue weighted by Crippen LogP contribution is 2.41. The molecule has 8 aromatic rings. The van der Waals surface area contributed by atoms with Crippen LogP contribution in [0.25, 0.3) is 64.6 Å². The van der Waals surface area contributed by atoms with Crippen LogP contribution in [0.4, 0.5) is 11.4 Å². The van der Waals surface area contributed by atoms with Gasteiger partial charge in [-0.25, -0.2) is 0 Å². The predicted octanol–water partition coefficient (Wildman–Crippen LogP) is 9.41. The fraction of sp³-hybridized carbons (Fsp3) is 0. The van der Waals surface area contributed by atoms with Gasteiger partial charge in [0.2, 0.25) is 0 Å². The molecule has 0 spiro atoms. The van der Waals surface area contributed by atoms with Gasteiger partial charge in [-0.15, -0.1) is 0 Å². The van der Waals surface area contributed by atoms with Gasteiger partial charge in [-0.2, -0.15) is 0 Å². The highest BCUT2D eigenvalue weighted by molar-refractivity contribution is 6.26. The van der Waals surface area contributed by atoms with E-state index in [4.69, 9.17) is 0 Å². The summed E-state index contributed by atoms with van der Waals surface area (Å²) < 4.78 is 0. The summed E-state index contributed by atoms with van der Waals surface area (Å²) in [6.45, 7) is 0. The van der Waals surface area contributed by atoms with Crippen molar-refractivity contribution >= 4 is 76.0 Å². The Labute approximate surface area is 200 Å². The van der Waals surface area contributed by atoms with Crippen molar-refractivity contribution < 1.29 is 4.86 Å². The molecule has 0 saturated heterocycles. The van der Waals surface area contributed by atoms with E-state index in [2.05, 4.69) is 90.0 Å². The van der Waals surface area contributed by atoms with E-state index in [0.717, 1.165) is 37.2 Å². The third-order valence-corrected chi connectivity index (χ3v) is 7.42. The van der Waals surface area contributed by atoms with Crippen LogP contribution in [0.3, 0.4) is 0 Å². The molecule has 0 aliphatic heterocycles. The highest BCUT2D eigenvalue weighted by Gasteiger charge is 2.17. The van der Waals surface area contributed by atoms with Gasteiger partial charge < -0.3 is 5.21 Å². The molecule has 0 saturated carbocycles. The molecule has 0 bridgehead atoms. The SMILES string of the molecule is [O-][N+](=Nc1ccc2ccc3cccc4ccc1c2c34)c1ccc2ccc3cccc4ccc1c2c34. The number of hydrogen-bond donors (Lipinski definition) is 0. The molecule has 3 heteroatoms. The van der Waals surface area contributed by atoms with E-state index < -0.39 is 0 Å². The van der Waals surface area contributed by atoms with E-state index in [1.807, 2.05) is 24.3 Å². The second-order valence-electron chi connectivity index (χ2n) is 9.25. The summed E-state index contributed by atoms with van der Waals surface area (Å²) in [5, 5.41) is 31.8. The number of azo groups is 1. The minimum Gasteiger partial charge on any atom is -0.594 e. The Morgan fingerprint density at radius 3 is 1.46 bits per heavy atom. The maximum atomic E-state index is 13.6. The number of benzene rings is 8. The van der Waals surface area contributed by atoms with Crippen molar-refractivity contribution in [3.8, 4) is 0 Å². The van der Waals surface area contributed by atoms with Gasteiger partial charge in [0, 0.05) is 22.0 Å². The van der Waals surface area contributed by atoms with Gasteiger partial charge in [0.15, 0.2) is 0 Å². The third kappa shape index (κ3) is 2.50. The number of hydrogen-bond acceptors (Lipinski definition) is 2. The maximum absolute atomic E-state index is 13.6. The summed E-state index contributed by atoms with van der Waals surface area (Å²) in [5.74, 6) is 0. The fourth-order valence-electron chi connectivity index (χ4n) is 5.85. The van der Waals surface area contributed by atoms with Crippen molar-refractivity contribution in [1.29, 1.82) is 0 Å². The van der Waals surface area contributed by atoms with E-state index in [-0.39, 0.29) is 0 Å². The highest BCUT2D eigenvalue weighted by atomic mass is 16.5. The molecule has 0 radical (unpaired) electrons. The molecule has 0 N–H and O–H groups in total. The van der Waals surface area contributed by atoms with Crippen LogP contribution in [0, 0.1) is 5.21 Å². The Morgan fingerprint density at radius 1 is 0.429 bits per heavy atom. The van der Waals surface area contributed by atoms with Crippen LogP contribution in [-0.2, 0) is 0 Å². The van der Waals surface area contributed by atoms with E-state index >= 15 is 0 Å². The minimum atomic E-state index is 0.557. The lowest BCUT2D eigenvalue weighted by molar-refractivity contribution is -0.433.